The van der Waals surface area contributed by atoms with E-state index in [2.05, 4.69) is 5.32 Å². The second-order valence-electron chi connectivity index (χ2n) is 6.79. The Labute approximate surface area is 177 Å². The van der Waals surface area contributed by atoms with Gasteiger partial charge in [0.1, 0.15) is 0 Å². The summed E-state index contributed by atoms with van der Waals surface area (Å²) in [5.74, 6) is -8.98. The van der Waals surface area contributed by atoms with Crippen LogP contribution in [0.1, 0.15) is 6.42 Å². The number of nitro benzene ring substituents is 1. The molecule has 0 aromatic heterocycles. The van der Waals surface area contributed by atoms with Crippen LogP contribution >= 0.6 is 0 Å². The molecule has 32 heavy (non-hydrogen) atoms. The van der Waals surface area contributed by atoms with Gasteiger partial charge in [0.05, 0.1) is 28.8 Å². The van der Waals surface area contributed by atoms with Crippen molar-refractivity contribution in [2.45, 2.75) is 6.42 Å². The van der Waals surface area contributed by atoms with E-state index in [0.29, 0.717) is 6.07 Å². The van der Waals surface area contributed by atoms with Gasteiger partial charge in [0.2, 0.25) is 23.5 Å². The summed E-state index contributed by atoms with van der Waals surface area (Å²) in [5, 5.41) is 15.1. The highest BCUT2D eigenvalue weighted by atomic mass is 19.2. The summed E-state index contributed by atoms with van der Waals surface area (Å²) in [7, 11) is 0. The molecule has 9 nitrogen and oxygen atoms in total. The normalized spacial score (nSPS) is 15.6. The predicted molar refractivity (Wildman–Crippen MR) is 101 cm³/mol. The SMILES string of the molecule is O=C(CNC(=O)C1CC(=O)N(c2ccc(F)c([N+](=O)[O-])c2)C1)Nc1ccc(F)c(F)c1F. The van der Waals surface area contributed by atoms with Crippen molar-refractivity contribution >= 4 is 34.8 Å². The monoisotopic (exact) mass is 454 g/mol. The Morgan fingerprint density at radius 2 is 1.78 bits per heavy atom. The number of carbonyl (C=O) groups excluding carboxylic acids is 3. The summed E-state index contributed by atoms with van der Waals surface area (Å²) < 4.78 is 53.2. The Balaban J connectivity index is 1.59. The van der Waals surface area contributed by atoms with Crippen molar-refractivity contribution in [3.8, 4) is 0 Å². The van der Waals surface area contributed by atoms with E-state index in [-0.39, 0.29) is 18.7 Å². The highest BCUT2D eigenvalue weighted by Gasteiger charge is 2.36. The summed E-state index contributed by atoms with van der Waals surface area (Å²) in [4.78, 5) is 47.4. The zero-order valence-corrected chi connectivity index (χ0v) is 16.0. The zero-order chi connectivity index (χ0) is 23.6. The van der Waals surface area contributed by atoms with Gasteiger partial charge < -0.3 is 15.5 Å². The zero-order valence-electron chi connectivity index (χ0n) is 16.0. The van der Waals surface area contributed by atoms with Gasteiger partial charge in [-0.1, -0.05) is 0 Å². The maximum absolute atomic E-state index is 13.6. The Kier molecular flexibility index (Phi) is 6.37. The molecule has 0 saturated carbocycles. The Morgan fingerprint density at radius 1 is 1.09 bits per heavy atom. The van der Waals surface area contributed by atoms with Crippen LogP contribution in [0.4, 0.5) is 34.6 Å². The molecule has 1 unspecified atom stereocenters. The quantitative estimate of drug-likeness (QED) is 0.300. The molecule has 168 valence electrons. The molecule has 2 N–H and O–H groups in total. The molecule has 0 aliphatic carbocycles. The van der Waals surface area contributed by atoms with Crippen LogP contribution < -0.4 is 15.5 Å². The fourth-order valence-electron chi connectivity index (χ4n) is 3.07. The van der Waals surface area contributed by atoms with E-state index >= 15 is 0 Å². The van der Waals surface area contributed by atoms with Gasteiger partial charge in [-0.05, 0) is 24.3 Å². The molecule has 13 heteroatoms. The number of rotatable bonds is 6. The van der Waals surface area contributed by atoms with E-state index in [1.807, 2.05) is 5.32 Å². The number of nitro groups is 1. The first kappa shape index (κ1) is 22.7. The number of amides is 3. The maximum atomic E-state index is 13.6. The van der Waals surface area contributed by atoms with Crippen LogP contribution in [-0.2, 0) is 14.4 Å². The van der Waals surface area contributed by atoms with Gasteiger partial charge in [0.15, 0.2) is 17.5 Å². The van der Waals surface area contributed by atoms with E-state index in [4.69, 9.17) is 0 Å². The van der Waals surface area contributed by atoms with Crippen LogP contribution in [0.2, 0.25) is 0 Å². The summed E-state index contributed by atoms with van der Waals surface area (Å²) in [6.45, 7) is -0.823. The van der Waals surface area contributed by atoms with Crippen molar-refractivity contribution < 1.29 is 36.9 Å². The fourth-order valence-corrected chi connectivity index (χ4v) is 3.07. The van der Waals surface area contributed by atoms with Gasteiger partial charge in [-0.3, -0.25) is 24.5 Å². The molecule has 3 rings (SSSR count). The van der Waals surface area contributed by atoms with Gasteiger partial charge in [-0.15, -0.1) is 0 Å². The molecule has 1 heterocycles. The Hall–Kier alpha value is -4.03. The highest BCUT2D eigenvalue weighted by Crippen LogP contribution is 2.29. The fraction of sp³-hybridized carbons (Fsp3) is 0.211. The smallest absolute Gasteiger partial charge is 0.306 e. The molecule has 0 bridgehead atoms. The van der Waals surface area contributed by atoms with Crippen molar-refractivity contribution in [3.05, 3.63) is 63.7 Å². The van der Waals surface area contributed by atoms with E-state index < -0.39 is 69.8 Å². The third kappa shape index (κ3) is 4.66. The number of halogens is 4. The second kappa shape index (κ2) is 8.99. The van der Waals surface area contributed by atoms with Gasteiger partial charge in [0.25, 0.3) is 0 Å². The number of benzene rings is 2. The van der Waals surface area contributed by atoms with Crippen molar-refractivity contribution in [2.24, 2.45) is 5.92 Å². The van der Waals surface area contributed by atoms with Crippen molar-refractivity contribution in [2.75, 3.05) is 23.3 Å². The standard InChI is InChI=1S/C19H14F4N4O5/c20-11-2-1-10(6-14(11)27(31)32)26-8-9(5-16(26)29)19(30)24-7-15(28)25-13-4-3-12(21)17(22)18(13)23/h1-4,6,9H,5,7-8H2,(H,24,30)(H,25,28). The van der Waals surface area contributed by atoms with Gasteiger partial charge in [-0.2, -0.15) is 4.39 Å². The van der Waals surface area contributed by atoms with Crippen molar-refractivity contribution in [1.82, 2.24) is 5.32 Å². The predicted octanol–water partition coefficient (Wildman–Crippen LogP) is 2.26. The Bertz CT molecular complexity index is 1130. The average molecular weight is 454 g/mol. The third-order valence-electron chi connectivity index (χ3n) is 4.67. The minimum absolute atomic E-state index is 0.0324. The van der Waals surface area contributed by atoms with Gasteiger partial charge in [-0.25, -0.2) is 13.2 Å². The summed E-state index contributed by atoms with van der Waals surface area (Å²) in [5.41, 5.74) is -1.42. The first-order valence-electron chi connectivity index (χ1n) is 9.04. The second-order valence-corrected chi connectivity index (χ2v) is 6.79. The molecule has 1 aliphatic heterocycles. The molecule has 1 aliphatic rings. The molecule has 2 aromatic carbocycles. The average Bonchev–Trinajstić information content (AvgIpc) is 3.14. The lowest BCUT2D eigenvalue weighted by atomic mass is 10.1. The maximum Gasteiger partial charge on any atom is 0.306 e. The summed E-state index contributed by atoms with van der Waals surface area (Å²) >= 11 is 0. The number of nitrogens with one attached hydrogen (secondary N) is 2. The summed E-state index contributed by atoms with van der Waals surface area (Å²) in [6, 6.07) is 4.28. The molecular weight excluding hydrogens is 440 g/mol. The lowest BCUT2D eigenvalue weighted by molar-refractivity contribution is -0.387. The molecule has 1 saturated heterocycles. The molecular formula is C19H14F4N4O5. The first-order chi connectivity index (χ1) is 15.1. The van der Waals surface area contributed by atoms with E-state index in [0.717, 1.165) is 29.2 Å². The lowest BCUT2D eigenvalue weighted by Gasteiger charge is -2.16. The highest BCUT2D eigenvalue weighted by molar-refractivity contribution is 6.01. The molecule has 0 radical (unpaired) electrons. The van der Waals surface area contributed by atoms with Crippen LogP contribution in [0, 0.1) is 39.3 Å². The largest absolute Gasteiger partial charge is 0.347 e. The number of hydrogen-bond acceptors (Lipinski definition) is 5. The molecule has 1 fully saturated rings. The molecule has 3 amide bonds. The molecule has 1 atom stereocenters. The number of anilines is 2. The third-order valence-corrected chi connectivity index (χ3v) is 4.67. The van der Waals surface area contributed by atoms with Crippen molar-refractivity contribution in [1.29, 1.82) is 0 Å². The van der Waals surface area contributed by atoms with Gasteiger partial charge in [0, 0.05) is 19.0 Å². The van der Waals surface area contributed by atoms with E-state index in [1.54, 1.807) is 0 Å². The van der Waals surface area contributed by atoms with Crippen LogP contribution in [0.15, 0.2) is 30.3 Å². The van der Waals surface area contributed by atoms with Crippen LogP contribution in [-0.4, -0.2) is 35.7 Å². The molecule has 2 aromatic rings. The van der Waals surface area contributed by atoms with Crippen LogP contribution in [0.3, 0.4) is 0 Å². The van der Waals surface area contributed by atoms with Crippen molar-refractivity contribution in [3.63, 3.8) is 0 Å². The van der Waals surface area contributed by atoms with Gasteiger partial charge >= 0.3 is 5.69 Å². The summed E-state index contributed by atoms with van der Waals surface area (Å²) in [6.07, 6.45) is -0.267. The minimum atomic E-state index is -1.77. The van der Waals surface area contributed by atoms with Crippen LogP contribution in [0.25, 0.3) is 0 Å². The van der Waals surface area contributed by atoms with E-state index in [1.165, 1.54) is 0 Å². The first-order valence-corrected chi connectivity index (χ1v) is 9.04. The van der Waals surface area contributed by atoms with E-state index in [9.17, 15) is 42.1 Å². The number of nitrogens with zero attached hydrogens (tertiary/aromatic N) is 2. The number of hydrogen-bond donors (Lipinski definition) is 2. The van der Waals surface area contributed by atoms with Crippen LogP contribution in [0.5, 0.6) is 0 Å². The molecule has 0 spiro atoms. The number of carbonyl (C=O) groups is 3. The lowest BCUT2D eigenvalue weighted by Crippen LogP contribution is -2.38. The minimum Gasteiger partial charge on any atom is -0.347 e. The topological polar surface area (TPSA) is 122 Å². The Morgan fingerprint density at radius 3 is 2.47 bits per heavy atom.